The maximum Gasteiger partial charge on any atom is 0.234 e. The van der Waals surface area contributed by atoms with E-state index < -0.39 is 0 Å². The largest absolute Gasteiger partial charge is 0.352 e. The number of nitrogens with one attached hydrogen (secondary N) is 1. The first kappa shape index (κ1) is 12.8. The molecule has 0 atom stereocenters. The molecule has 0 aromatic heterocycles. The van der Waals surface area contributed by atoms with Crippen LogP contribution in [0.3, 0.4) is 0 Å². The van der Waals surface area contributed by atoms with Crippen LogP contribution in [0.5, 0.6) is 0 Å². The Hall–Kier alpha value is -0.610. The standard InChI is InChI=1S/C13H25N3O/c14-8-9-16(12-6-3-7-12)10-13(17)15-11-4-1-2-5-11/h11-12H,1-10,14H2,(H,15,17). The van der Waals surface area contributed by atoms with Crippen molar-refractivity contribution in [3.05, 3.63) is 0 Å². The van der Waals surface area contributed by atoms with Crippen molar-refractivity contribution in [3.63, 3.8) is 0 Å². The van der Waals surface area contributed by atoms with Gasteiger partial charge in [0.05, 0.1) is 6.54 Å². The molecule has 1 amide bonds. The van der Waals surface area contributed by atoms with Gasteiger partial charge in [-0.1, -0.05) is 19.3 Å². The first-order valence-electron chi connectivity index (χ1n) is 7.03. The van der Waals surface area contributed by atoms with Crippen LogP contribution in [0.1, 0.15) is 44.9 Å². The van der Waals surface area contributed by atoms with E-state index in [0.717, 1.165) is 19.4 Å². The summed E-state index contributed by atoms with van der Waals surface area (Å²) in [4.78, 5) is 14.2. The molecule has 0 saturated heterocycles. The summed E-state index contributed by atoms with van der Waals surface area (Å²) in [5, 5.41) is 3.15. The maximum absolute atomic E-state index is 11.9. The van der Waals surface area contributed by atoms with E-state index in [2.05, 4.69) is 10.2 Å². The van der Waals surface area contributed by atoms with Gasteiger partial charge in [0.15, 0.2) is 0 Å². The Kier molecular flexibility index (Phi) is 4.80. The Morgan fingerprint density at radius 1 is 1.18 bits per heavy atom. The highest BCUT2D eigenvalue weighted by molar-refractivity contribution is 5.78. The van der Waals surface area contributed by atoms with E-state index >= 15 is 0 Å². The van der Waals surface area contributed by atoms with Crippen molar-refractivity contribution in [1.82, 2.24) is 10.2 Å². The van der Waals surface area contributed by atoms with E-state index in [1.165, 1.54) is 32.1 Å². The molecule has 2 aliphatic carbocycles. The van der Waals surface area contributed by atoms with Crippen molar-refractivity contribution in [1.29, 1.82) is 0 Å². The number of amides is 1. The highest BCUT2D eigenvalue weighted by Gasteiger charge is 2.26. The minimum atomic E-state index is 0.192. The van der Waals surface area contributed by atoms with Crippen LogP contribution in [0.2, 0.25) is 0 Å². The van der Waals surface area contributed by atoms with Crippen LogP contribution in [-0.2, 0) is 4.79 Å². The molecule has 0 aromatic carbocycles. The van der Waals surface area contributed by atoms with Gasteiger partial charge in [-0.3, -0.25) is 9.69 Å². The van der Waals surface area contributed by atoms with E-state index in [1.807, 2.05) is 0 Å². The molecule has 0 unspecified atom stereocenters. The van der Waals surface area contributed by atoms with Crippen molar-refractivity contribution in [2.75, 3.05) is 19.6 Å². The number of hydrogen-bond donors (Lipinski definition) is 2. The first-order valence-corrected chi connectivity index (χ1v) is 7.03. The Labute approximate surface area is 104 Å². The van der Waals surface area contributed by atoms with Gasteiger partial charge >= 0.3 is 0 Å². The van der Waals surface area contributed by atoms with Crippen LogP contribution in [0, 0.1) is 0 Å². The van der Waals surface area contributed by atoms with E-state index in [4.69, 9.17) is 5.73 Å². The second-order valence-electron chi connectivity index (χ2n) is 5.39. The molecule has 0 radical (unpaired) electrons. The second kappa shape index (κ2) is 6.36. The van der Waals surface area contributed by atoms with Crippen molar-refractivity contribution >= 4 is 5.91 Å². The highest BCUT2D eigenvalue weighted by Crippen LogP contribution is 2.24. The molecule has 0 bridgehead atoms. The average Bonchev–Trinajstić information content (AvgIpc) is 2.67. The number of hydrogen-bond acceptors (Lipinski definition) is 3. The van der Waals surface area contributed by atoms with Gasteiger partial charge in [0.2, 0.25) is 5.91 Å². The Balaban J connectivity index is 1.73. The topological polar surface area (TPSA) is 58.4 Å². The SMILES string of the molecule is NCCN(CC(=O)NC1CCCC1)C1CCC1. The number of nitrogens with zero attached hydrogens (tertiary/aromatic N) is 1. The lowest BCUT2D eigenvalue weighted by Gasteiger charge is -2.37. The predicted molar refractivity (Wildman–Crippen MR) is 68.7 cm³/mol. The Bertz CT molecular complexity index is 247. The average molecular weight is 239 g/mol. The van der Waals surface area contributed by atoms with Crippen LogP contribution in [0.15, 0.2) is 0 Å². The smallest absolute Gasteiger partial charge is 0.234 e. The molecule has 0 aliphatic heterocycles. The molecule has 2 aliphatic rings. The van der Waals surface area contributed by atoms with Gasteiger partial charge in [-0.05, 0) is 25.7 Å². The third-order valence-electron chi connectivity index (χ3n) is 4.07. The molecule has 0 aromatic rings. The highest BCUT2D eigenvalue weighted by atomic mass is 16.2. The molecule has 4 heteroatoms. The fourth-order valence-corrected chi connectivity index (χ4v) is 2.84. The van der Waals surface area contributed by atoms with Gasteiger partial charge in [0, 0.05) is 25.2 Å². The maximum atomic E-state index is 11.9. The van der Waals surface area contributed by atoms with Crippen LogP contribution in [-0.4, -0.2) is 42.5 Å². The fraction of sp³-hybridized carbons (Fsp3) is 0.923. The van der Waals surface area contributed by atoms with Gasteiger partial charge in [-0.15, -0.1) is 0 Å². The summed E-state index contributed by atoms with van der Waals surface area (Å²) in [6.45, 7) is 2.04. The van der Waals surface area contributed by atoms with Gasteiger partial charge < -0.3 is 11.1 Å². The molecular formula is C13H25N3O. The van der Waals surface area contributed by atoms with Crippen LogP contribution >= 0.6 is 0 Å². The molecule has 3 N–H and O–H groups in total. The summed E-state index contributed by atoms with van der Waals surface area (Å²) in [7, 11) is 0. The summed E-state index contributed by atoms with van der Waals surface area (Å²) in [5.41, 5.74) is 5.61. The van der Waals surface area contributed by atoms with Crippen LogP contribution < -0.4 is 11.1 Å². The summed E-state index contributed by atoms with van der Waals surface area (Å²) in [6, 6.07) is 1.04. The number of rotatable bonds is 6. The van der Waals surface area contributed by atoms with E-state index in [9.17, 15) is 4.79 Å². The normalized spacial score (nSPS) is 21.8. The van der Waals surface area contributed by atoms with E-state index in [0.29, 0.717) is 25.2 Å². The molecule has 2 rings (SSSR count). The third-order valence-corrected chi connectivity index (χ3v) is 4.07. The van der Waals surface area contributed by atoms with Gasteiger partial charge in [0.1, 0.15) is 0 Å². The van der Waals surface area contributed by atoms with Crippen molar-refractivity contribution < 1.29 is 4.79 Å². The van der Waals surface area contributed by atoms with Crippen molar-refractivity contribution in [3.8, 4) is 0 Å². The summed E-state index contributed by atoms with van der Waals surface area (Å²) < 4.78 is 0. The summed E-state index contributed by atoms with van der Waals surface area (Å²) in [6.07, 6.45) is 8.61. The molecule has 98 valence electrons. The lowest BCUT2D eigenvalue weighted by atomic mass is 9.91. The molecule has 2 fully saturated rings. The summed E-state index contributed by atoms with van der Waals surface area (Å²) in [5.74, 6) is 0.192. The first-order chi connectivity index (χ1) is 8.29. The monoisotopic (exact) mass is 239 g/mol. The number of nitrogens with two attached hydrogens (primary N) is 1. The third kappa shape index (κ3) is 3.68. The zero-order chi connectivity index (χ0) is 12.1. The lowest BCUT2D eigenvalue weighted by molar-refractivity contribution is -0.123. The molecular weight excluding hydrogens is 214 g/mol. The minimum absolute atomic E-state index is 0.192. The number of carbonyl (C=O) groups is 1. The minimum Gasteiger partial charge on any atom is -0.352 e. The van der Waals surface area contributed by atoms with Crippen molar-refractivity contribution in [2.24, 2.45) is 5.73 Å². The van der Waals surface area contributed by atoms with Gasteiger partial charge in [0.25, 0.3) is 0 Å². The second-order valence-corrected chi connectivity index (χ2v) is 5.39. The Morgan fingerprint density at radius 2 is 1.88 bits per heavy atom. The molecule has 0 heterocycles. The quantitative estimate of drug-likeness (QED) is 0.723. The zero-order valence-corrected chi connectivity index (χ0v) is 10.7. The van der Waals surface area contributed by atoms with E-state index in [-0.39, 0.29) is 5.91 Å². The van der Waals surface area contributed by atoms with Crippen LogP contribution in [0.25, 0.3) is 0 Å². The molecule has 2 saturated carbocycles. The molecule has 0 spiro atoms. The molecule has 17 heavy (non-hydrogen) atoms. The number of carbonyl (C=O) groups excluding carboxylic acids is 1. The Morgan fingerprint density at radius 3 is 2.41 bits per heavy atom. The zero-order valence-electron chi connectivity index (χ0n) is 10.7. The van der Waals surface area contributed by atoms with Crippen LogP contribution in [0.4, 0.5) is 0 Å². The fourth-order valence-electron chi connectivity index (χ4n) is 2.84. The van der Waals surface area contributed by atoms with Gasteiger partial charge in [-0.2, -0.15) is 0 Å². The lowest BCUT2D eigenvalue weighted by Crippen LogP contribution is -2.49. The van der Waals surface area contributed by atoms with Gasteiger partial charge in [-0.25, -0.2) is 0 Å². The predicted octanol–water partition coefficient (Wildman–Crippen LogP) is 0.858. The molecule has 4 nitrogen and oxygen atoms in total. The summed E-state index contributed by atoms with van der Waals surface area (Å²) >= 11 is 0. The van der Waals surface area contributed by atoms with Crippen molar-refractivity contribution in [2.45, 2.75) is 57.0 Å². The van der Waals surface area contributed by atoms with E-state index in [1.54, 1.807) is 0 Å².